The van der Waals surface area contributed by atoms with Crippen LogP contribution in [0, 0.1) is 0 Å². The number of benzene rings is 1. The Balaban J connectivity index is 2.29. The molecule has 1 aromatic carbocycles. The van der Waals surface area contributed by atoms with Crippen molar-refractivity contribution in [2.75, 3.05) is 25.5 Å². The topological polar surface area (TPSA) is 50.4 Å². The van der Waals surface area contributed by atoms with Gasteiger partial charge in [0.25, 0.3) is 0 Å². The standard InChI is InChI=1S/C12H18N2O2/c1-3-13-12(15)8-9-14-10-4-6-11(16-2)7-5-10/h4-7,14H,3,8-9H2,1-2H3,(H,13,15). The lowest BCUT2D eigenvalue weighted by Crippen LogP contribution is -2.24. The molecule has 4 heteroatoms. The second kappa shape index (κ2) is 6.71. The lowest BCUT2D eigenvalue weighted by molar-refractivity contribution is -0.120. The number of carbonyl (C=O) groups is 1. The van der Waals surface area contributed by atoms with Crippen molar-refractivity contribution in [2.45, 2.75) is 13.3 Å². The van der Waals surface area contributed by atoms with Crippen molar-refractivity contribution in [1.82, 2.24) is 5.32 Å². The normalized spacial score (nSPS) is 9.62. The molecular weight excluding hydrogens is 204 g/mol. The zero-order valence-corrected chi connectivity index (χ0v) is 9.75. The molecule has 4 nitrogen and oxygen atoms in total. The van der Waals surface area contributed by atoms with Crippen LogP contribution in [-0.2, 0) is 4.79 Å². The number of hydrogen-bond acceptors (Lipinski definition) is 3. The van der Waals surface area contributed by atoms with Gasteiger partial charge in [0.2, 0.25) is 5.91 Å². The molecule has 0 saturated heterocycles. The minimum Gasteiger partial charge on any atom is -0.497 e. The molecule has 88 valence electrons. The molecule has 0 heterocycles. The lowest BCUT2D eigenvalue weighted by atomic mass is 10.3. The van der Waals surface area contributed by atoms with Crippen LogP contribution in [0.4, 0.5) is 5.69 Å². The van der Waals surface area contributed by atoms with E-state index in [-0.39, 0.29) is 5.91 Å². The van der Waals surface area contributed by atoms with Gasteiger partial charge >= 0.3 is 0 Å². The maximum absolute atomic E-state index is 11.2. The summed E-state index contributed by atoms with van der Waals surface area (Å²) in [6.45, 7) is 3.23. The predicted octanol–water partition coefficient (Wildman–Crippen LogP) is 1.63. The van der Waals surface area contributed by atoms with Gasteiger partial charge in [0.15, 0.2) is 0 Å². The number of anilines is 1. The first-order valence-electron chi connectivity index (χ1n) is 5.41. The second-order valence-electron chi connectivity index (χ2n) is 3.36. The Labute approximate surface area is 96.0 Å². The van der Waals surface area contributed by atoms with Gasteiger partial charge in [-0.15, -0.1) is 0 Å². The molecule has 0 aliphatic rings. The third-order valence-corrected chi connectivity index (χ3v) is 2.15. The molecule has 0 atom stereocenters. The summed E-state index contributed by atoms with van der Waals surface area (Å²) in [5.41, 5.74) is 0.991. The van der Waals surface area contributed by atoms with Crippen LogP contribution in [0.25, 0.3) is 0 Å². The highest BCUT2D eigenvalue weighted by molar-refractivity contribution is 5.76. The van der Waals surface area contributed by atoms with Gasteiger partial charge in [-0.05, 0) is 31.2 Å². The van der Waals surface area contributed by atoms with Gasteiger partial charge in [-0.2, -0.15) is 0 Å². The average molecular weight is 222 g/mol. The molecule has 1 rings (SSSR count). The van der Waals surface area contributed by atoms with E-state index in [0.29, 0.717) is 19.5 Å². The number of carbonyl (C=O) groups excluding carboxylic acids is 1. The molecule has 0 unspecified atom stereocenters. The molecular formula is C12H18N2O2. The van der Waals surface area contributed by atoms with Gasteiger partial charge in [-0.1, -0.05) is 0 Å². The summed E-state index contributed by atoms with van der Waals surface area (Å²) < 4.78 is 5.05. The Kier molecular flexibility index (Phi) is 5.19. The fourth-order valence-corrected chi connectivity index (χ4v) is 1.31. The Morgan fingerprint density at radius 2 is 2.00 bits per heavy atom. The van der Waals surface area contributed by atoms with E-state index in [0.717, 1.165) is 11.4 Å². The van der Waals surface area contributed by atoms with E-state index in [9.17, 15) is 4.79 Å². The van der Waals surface area contributed by atoms with Gasteiger partial charge < -0.3 is 15.4 Å². The first-order valence-corrected chi connectivity index (χ1v) is 5.41. The molecule has 0 fully saturated rings. The van der Waals surface area contributed by atoms with Crippen molar-refractivity contribution in [1.29, 1.82) is 0 Å². The number of nitrogens with one attached hydrogen (secondary N) is 2. The van der Waals surface area contributed by atoms with Gasteiger partial charge in [-0.3, -0.25) is 4.79 Å². The van der Waals surface area contributed by atoms with E-state index in [4.69, 9.17) is 4.74 Å². The number of ether oxygens (including phenoxy) is 1. The van der Waals surface area contributed by atoms with Crippen LogP contribution in [0.3, 0.4) is 0 Å². The van der Waals surface area contributed by atoms with Crippen molar-refractivity contribution < 1.29 is 9.53 Å². The molecule has 0 aliphatic heterocycles. The number of methoxy groups -OCH3 is 1. The third-order valence-electron chi connectivity index (χ3n) is 2.15. The largest absolute Gasteiger partial charge is 0.497 e. The van der Waals surface area contributed by atoms with Crippen molar-refractivity contribution in [2.24, 2.45) is 0 Å². The van der Waals surface area contributed by atoms with E-state index < -0.39 is 0 Å². The Morgan fingerprint density at radius 1 is 1.31 bits per heavy atom. The fourth-order valence-electron chi connectivity index (χ4n) is 1.31. The first kappa shape index (κ1) is 12.4. The van der Waals surface area contributed by atoms with Crippen LogP contribution >= 0.6 is 0 Å². The fraction of sp³-hybridized carbons (Fsp3) is 0.417. The van der Waals surface area contributed by atoms with Crippen LogP contribution in [-0.4, -0.2) is 26.1 Å². The highest BCUT2D eigenvalue weighted by Gasteiger charge is 1.98. The van der Waals surface area contributed by atoms with Crippen LogP contribution in [0.1, 0.15) is 13.3 Å². The van der Waals surface area contributed by atoms with Gasteiger partial charge in [0.05, 0.1) is 7.11 Å². The SMILES string of the molecule is CCNC(=O)CCNc1ccc(OC)cc1. The van der Waals surface area contributed by atoms with Crippen LogP contribution in [0.5, 0.6) is 5.75 Å². The van der Waals surface area contributed by atoms with Crippen molar-refractivity contribution in [3.8, 4) is 5.75 Å². The maximum atomic E-state index is 11.2. The van der Waals surface area contributed by atoms with Crippen LogP contribution < -0.4 is 15.4 Å². The molecule has 16 heavy (non-hydrogen) atoms. The van der Waals surface area contributed by atoms with Crippen molar-refractivity contribution >= 4 is 11.6 Å². The average Bonchev–Trinajstić information content (AvgIpc) is 2.30. The maximum Gasteiger partial charge on any atom is 0.221 e. The number of amides is 1. The molecule has 2 N–H and O–H groups in total. The van der Waals surface area contributed by atoms with Crippen LogP contribution in [0.15, 0.2) is 24.3 Å². The predicted molar refractivity (Wildman–Crippen MR) is 64.8 cm³/mol. The minimum absolute atomic E-state index is 0.0727. The van der Waals surface area contributed by atoms with Gasteiger partial charge in [0.1, 0.15) is 5.75 Å². The van der Waals surface area contributed by atoms with E-state index >= 15 is 0 Å². The first-order chi connectivity index (χ1) is 7.76. The Hall–Kier alpha value is -1.71. The van der Waals surface area contributed by atoms with Crippen molar-refractivity contribution in [3.05, 3.63) is 24.3 Å². The number of hydrogen-bond donors (Lipinski definition) is 2. The zero-order chi connectivity index (χ0) is 11.8. The smallest absolute Gasteiger partial charge is 0.221 e. The third kappa shape index (κ3) is 4.21. The summed E-state index contributed by atoms with van der Waals surface area (Å²) in [6.07, 6.45) is 0.486. The van der Waals surface area contributed by atoms with E-state index in [1.807, 2.05) is 31.2 Å². The summed E-state index contributed by atoms with van der Waals surface area (Å²) in [5, 5.41) is 5.92. The van der Waals surface area contributed by atoms with Crippen LogP contribution in [0.2, 0.25) is 0 Å². The molecule has 0 bridgehead atoms. The van der Waals surface area contributed by atoms with Gasteiger partial charge in [0, 0.05) is 25.2 Å². The van der Waals surface area contributed by atoms with E-state index in [2.05, 4.69) is 10.6 Å². The highest BCUT2D eigenvalue weighted by Crippen LogP contribution is 2.14. The molecule has 0 aromatic heterocycles. The monoisotopic (exact) mass is 222 g/mol. The number of rotatable bonds is 6. The van der Waals surface area contributed by atoms with E-state index in [1.54, 1.807) is 7.11 Å². The Bertz CT molecular complexity index is 322. The molecule has 0 aliphatic carbocycles. The minimum atomic E-state index is 0.0727. The molecule has 0 radical (unpaired) electrons. The highest BCUT2D eigenvalue weighted by atomic mass is 16.5. The Morgan fingerprint density at radius 3 is 2.56 bits per heavy atom. The summed E-state index contributed by atoms with van der Waals surface area (Å²) >= 11 is 0. The van der Waals surface area contributed by atoms with Gasteiger partial charge in [-0.25, -0.2) is 0 Å². The van der Waals surface area contributed by atoms with Crippen molar-refractivity contribution in [3.63, 3.8) is 0 Å². The summed E-state index contributed by atoms with van der Waals surface area (Å²) in [7, 11) is 1.64. The van der Waals surface area contributed by atoms with E-state index in [1.165, 1.54) is 0 Å². The summed E-state index contributed by atoms with van der Waals surface area (Å²) in [4.78, 5) is 11.2. The zero-order valence-electron chi connectivity index (χ0n) is 9.75. The lowest BCUT2D eigenvalue weighted by Gasteiger charge is -2.07. The molecule has 0 saturated carbocycles. The second-order valence-corrected chi connectivity index (χ2v) is 3.36. The summed E-state index contributed by atoms with van der Waals surface area (Å²) in [5.74, 6) is 0.901. The molecule has 1 amide bonds. The quantitative estimate of drug-likeness (QED) is 0.769. The molecule has 0 spiro atoms. The summed E-state index contributed by atoms with van der Waals surface area (Å²) in [6, 6.07) is 7.62. The molecule has 1 aromatic rings.